The molecule has 0 N–H and O–H groups in total. The smallest absolute Gasteiger partial charge is 0.0308 e. The van der Waals surface area contributed by atoms with Crippen molar-refractivity contribution in [3.63, 3.8) is 0 Å². The number of allylic oxidation sites excluding steroid dienone is 1. The van der Waals surface area contributed by atoms with Gasteiger partial charge in [-0.05, 0) is 34.6 Å². The summed E-state index contributed by atoms with van der Waals surface area (Å²) < 4.78 is 0. The normalized spacial score (nSPS) is 17.8. The molecule has 1 aliphatic rings. The third kappa shape index (κ3) is 2.10. The van der Waals surface area contributed by atoms with Gasteiger partial charge in [-0.1, -0.05) is 81.0 Å². The molecule has 0 saturated heterocycles. The standard InChI is InChI=1S/C20H22/c1-14-13-16-11-8-12-17(20(2,3)4)19(16)18(14)15-9-6-5-7-10-15/h5-13,18H,1-4H3. The Kier molecular flexibility index (Phi) is 3.05. The van der Waals surface area contributed by atoms with Crippen molar-refractivity contribution in [1.29, 1.82) is 0 Å². The number of rotatable bonds is 1. The average molecular weight is 262 g/mol. The lowest BCUT2D eigenvalue weighted by Gasteiger charge is -2.27. The van der Waals surface area contributed by atoms with E-state index in [1.165, 1.54) is 27.8 Å². The van der Waals surface area contributed by atoms with Gasteiger partial charge in [-0.3, -0.25) is 0 Å². The highest BCUT2D eigenvalue weighted by Crippen LogP contribution is 2.45. The van der Waals surface area contributed by atoms with E-state index in [1.54, 1.807) is 0 Å². The maximum atomic E-state index is 2.35. The van der Waals surface area contributed by atoms with Crippen LogP contribution in [0.3, 0.4) is 0 Å². The summed E-state index contributed by atoms with van der Waals surface area (Å²) in [5.41, 5.74) is 7.39. The van der Waals surface area contributed by atoms with Crippen molar-refractivity contribution in [1.82, 2.24) is 0 Å². The van der Waals surface area contributed by atoms with Gasteiger partial charge in [0, 0.05) is 5.92 Å². The maximum absolute atomic E-state index is 2.35. The van der Waals surface area contributed by atoms with Gasteiger partial charge in [0.25, 0.3) is 0 Å². The molecule has 0 saturated carbocycles. The Morgan fingerprint density at radius 2 is 1.55 bits per heavy atom. The zero-order chi connectivity index (χ0) is 14.3. The molecule has 3 rings (SSSR count). The quantitative estimate of drug-likeness (QED) is 0.633. The monoisotopic (exact) mass is 262 g/mol. The van der Waals surface area contributed by atoms with E-state index in [2.05, 4.69) is 82.3 Å². The van der Waals surface area contributed by atoms with Crippen LogP contribution in [0, 0.1) is 0 Å². The van der Waals surface area contributed by atoms with Crippen LogP contribution in [-0.4, -0.2) is 0 Å². The van der Waals surface area contributed by atoms with E-state index in [9.17, 15) is 0 Å². The third-order valence-electron chi connectivity index (χ3n) is 4.21. The Morgan fingerprint density at radius 1 is 0.850 bits per heavy atom. The average Bonchev–Trinajstić information content (AvgIpc) is 2.74. The van der Waals surface area contributed by atoms with Crippen LogP contribution < -0.4 is 0 Å². The molecule has 102 valence electrons. The summed E-state index contributed by atoms with van der Waals surface area (Å²) in [5.74, 6) is 0.418. The third-order valence-corrected chi connectivity index (χ3v) is 4.21. The van der Waals surface area contributed by atoms with Crippen LogP contribution in [-0.2, 0) is 5.41 Å². The molecule has 0 aromatic heterocycles. The Morgan fingerprint density at radius 3 is 2.20 bits per heavy atom. The second-order valence-corrected chi connectivity index (χ2v) is 6.79. The lowest BCUT2D eigenvalue weighted by atomic mass is 9.77. The number of fused-ring (bicyclic) bond motifs is 1. The first-order chi connectivity index (χ1) is 9.48. The molecule has 20 heavy (non-hydrogen) atoms. The number of hydrogen-bond acceptors (Lipinski definition) is 0. The molecule has 0 heterocycles. The molecule has 0 radical (unpaired) electrons. The van der Waals surface area contributed by atoms with Crippen molar-refractivity contribution in [3.8, 4) is 0 Å². The Labute approximate surface area is 122 Å². The molecule has 1 unspecified atom stereocenters. The molecule has 0 aliphatic heterocycles. The first-order valence-electron chi connectivity index (χ1n) is 7.35. The topological polar surface area (TPSA) is 0 Å². The minimum atomic E-state index is 0.177. The van der Waals surface area contributed by atoms with Gasteiger partial charge in [-0.2, -0.15) is 0 Å². The van der Waals surface area contributed by atoms with Gasteiger partial charge in [0.1, 0.15) is 0 Å². The molecule has 2 aromatic rings. The van der Waals surface area contributed by atoms with Crippen LogP contribution in [0.15, 0.2) is 54.1 Å². The van der Waals surface area contributed by atoms with E-state index < -0.39 is 0 Å². The zero-order valence-electron chi connectivity index (χ0n) is 12.8. The fourth-order valence-corrected chi connectivity index (χ4v) is 3.32. The van der Waals surface area contributed by atoms with E-state index in [1.807, 2.05) is 0 Å². The van der Waals surface area contributed by atoms with Gasteiger partial charge in [0.15, 0.2) is 0 Å². The fraction of sp³-hybridized carbons (Fsp3) is 0.300. The summed E-state index contributed by atoms with van der Waals surface area (Å²) >= 11 is 0. The summed E-state index contributed by atoms with van der Waals surface area (Å²) in [6, 6.07) is 17.6. The molecule has 0 amide bonds. The van der Waals surface area contributed by atoms with E-state index in [4.69, 9.17) is 0 Å². The summed E-state index contributed by atoms with van der Waals surface area (Å²) in [5, 5.41) is 0. The SMILES string of the molecule is CC1=Cc2cccc(C(C)(C)C)c2C1c1ccccc1. The molecule has 0 heteroatoms. The lowest BCUT2D eigenvalue weighted by molar-refractivity contribution is 0.581. The minimum Gasteiger partial charge on any atom is -0.0622 e. The second kappa shape index (κ2) is 4.63. The van der Waals surface area contributed by atoms with Crippen LogP contribution in [0.4, 0.5) is 0 Å². The predicted molar refractivity (Wildman–Crippen MR) is 87.1 cm³/mol. The van der Waals surface area contributed by atoms with Gasteiger partial charge in [0.2, 0.25) is 0 Å². The molecule has 0 bridgehead atoms. The summed E-state index contributed by atoms with van der Waals surface area (Å²) in [7, 11) is 0. The highest BCUT2D eigenvalue weighted by atomic mass is 14.3. The van der Waals surface area contributed by atoms with Crippen molar-refractivity contribution < 1.29 is 0 Å². The molecular formula is C20H22. The van der Waals surface area contributed by atoms with Crippen LogP contribution in [0.5, 0.6) is 0 Å². The van der Waals surface area contributed by atoms with Crippen LogP contribution in [0.2, 0.25) is 0 Å². The van der Waals surface area contributed by atoms with Gasteiger partial charge >= 0.3 is 0 Å². The Bertz CT molecular complexity index is 654. The molecule has 0 nitrogen and oxygen atoms in total. The van der Waals surface area contributed by atoms with E-state index in [-0.39, 0.29) is 5.41 Å². The molecular weight excluding hydrogens is 240 g/mol. The minimum absolute atomic E-state index is 0.177. The number of benzene rings is 2. The summed E-state index contributed by atoms with van der Waals surface area (Å²) in [6.07, 6.45) is 2.35. The highest BCUT2D eigenvalue weighted by Gasteiger charge is 2.30. The molecule has 0 fully saturated rings. The van der Waals surface area contributed by atoms with E-state index >= 15 is 0 Å². The largest absolute Gasteiger partial charge is 0.0622 e. The van der Waals surface area contributed by atoms with Gasteiger partial charge in [-0.25, -0.2) is 0 Å². The van der Waals surface area contributed by atoms with Gasteiger partial charge < -0.3 is 0 Å². The zero-order valence-corrected chi connectivity index (χ0v) is 12.8. The van der Waals surface area contributed by atoms with Crippen molar-refractivity contribution in [2.45, 2.75) is 39.0 Å². The lowest BCUT2D eigenvalue weighted by Crippen LogP contribution is -2.16. The molecule has 1 aliphatic carbocycles. The maximum Gasteiger partial charge on any atom is 0.0308 e. The van der Waals surface area contributed by atoms with Gasteiger partial charge in [-0.15, -0.1) is 0 Å². The van der Waals surface area contributed by atoms with Gasteiger partial charge in [0.05, 0.1) is 0 Å². The fourth-order valence-electron chi connectivity index (χ4n) is 3.32. The highest BCUT2D eigenvalue weighted by molar-refractivity contribution is 5.71. The summed E-state index contributed by atoms with van der Waals surface area (Å²) in [6.45, 7) is 9.17. The predicted octanol–water partition coefficient (Wildman–Crippen LogP) is 5.53. The first kappa shape index (κ1) is 13.2. The van der Waals surface area contributed by atoms with E-state index in [0.29, 0.717) is 5.92 Å². The summed E-state index contributed by atoms with van der Waals surface area (Å²) in [4.78, 5) is 0. The van der Waals surface area contributed by atoms with Crippen LogP contribution >= 0.6 is 0 Å². The Balaban J connectivity index is 2.21. The molecule has 2 aromatic carbocycles. The van der Waals surface area contributed by atoms with Crippen LogP contribution in [0.1, 0.15) is 55.9 Å². The molecule has 0 spiro atoms. The van der Waals surface area contributed by atoms with E-state index in [0.717, 1.165) is 0 Å². The first-order valence-corrected chi connectivity index (χ1v) is 7.35. The molecule has 1 atom stereocenters. The Hall–Kier alpha value is -1.82. The van der Waals surface area contributed by atoms with Crippen molar-refractivity contribution in [3.05, 3.63) is 76.4 Å². The second-order valence-electron chi connectivity index (χ2n) is 6.79. The number of hydrogen-bond donors (Lipinski definition) is 0. The van der Waals surface area contributed by atoms with Crippen molar-refractivity contribution in [2.24, 2.45) is 0 Å². The van der Waals surface area contributed by atoms with Crippen molar-refractivity contribution in [2.75, 3.05) is 0 Å². The van der Waals surface area contributed by atoms with Crippen molar-refractivity contribution >= 4 is 6.08 Å². The van der Waals surface area contributed by atoms with Crippen LogP contribution in [0.25, 0.3) is 6.08 Å².